The smallest absolute Gasteiger partial charge is 0.347 e. The summed E-state index contributed by atoms with van der Waals surface area (Å²) >= 11 is 0. The number of carboxylic acid groups (broad SMARTS) is 1. The van der Waals surface area contributed by atoms with Crippen LogP contribution >= 0.6 is 0 Å². The minimum Gasteiger partial charge on any atom is -0.478 e. The normalized spacial score (nSPS) is 16.0. The molecular formula is C10H12N2O3. The van der Waals surface area contributed by atoms with E-state index < -0.39 is 5.97 Å². The SMILES string of the molecule is O=C(O)c1cnc(=O)n(CC2CCC2)c1. The lowest BCUT2D eigenvalue weighted by molar-refractivity contribution is 0.0695. The molecule has 5 nitrogen and oxygen atoms in total. The first-order chi connectivity index (χ1) is 7.16. The van der Waals surface area contributed by atoms with Gasteiger partial charge in [-0.3, -0.25) is 4.57 Å². The quantitative estimate of drug-likeness (QED) is 0.795. The monoisotopic (exact) mass is 208 g/mol. The maximum absolute atomic E-state index is 11.3. The number of hydrogen-bond donors (Lipinski definition) is 1. The standard InChI is InChI=1S/C10H12N2O3/c13-9(14)8-4-11-10(15)12(6-8)5-7-2-1-3-7/h4,6-7H,1-3,5H2,(H,13,14). The average molecular weight is 208 g/mol. The Kier molecular flexibility index (Phi) is 2.53. The first kappa shape index (κ1) is 9.89. The summed E-state index contributed by atoms with van der Waals surface area (Å²) < 4.78 is 1.40. The Bertz CT molecular complexity index is 435. The molecule has 0 amide bonds. The van der Waals surface area contributed by atoms with Crippen molar-refractivity contribution >= 4 is 5.97 Å². The molecule has 1 aliphatic carbocycles. The Morgan fingerprint density at radius 3 is 2.87 bits per heavy atom. The van der Waals surface area contributed by atoms with Gasteiger partial charge in [-0.15, -0.1) is 0 Å². The van der Waals surface area contributed by atoms with Gasteiger partial charge < -0.3 is 5.11 Å². The van der Waals surface area contributed by atoms with Crippen LogP contribution in [0.1, 0.15) is 29.6 Å². The second-order valence-electron chi connectivity index (χ2n) is 3.88. The highest BCUT2D eigenvalue weighted by Gasteiger charge is 2.18. The van der Waals surface area contributed by atoms with E-state index in [0.29, 0.717) is 12.5 Å². The molecule has 0 unspecified atom stereocenters. The number of aromatic nitrogens is 2. The molecule has 1 heterocycles. The molecule has 15 heavy (non-hydrogen) atoms. The van der Waals surface area contributed by atoms with Crippen LogP contribution < -0.4 is 5.69 Å². The van der Waals surface area contributed by atoms with Crippen molar-refractivity contribution in [1.82, 2.24) is 9.55 Å². The number of rotatable bonds is 3. The van der Waals surface area contributed by atoms with Crippen LogP contribution in [-0.4, -0.2) is 20.6 Å². The molecule has 1 aromatic rings. The largest absolute Gasteiger partial charge is 0.478 e. The summed E-state index contributed by atoms with van der Waals surface area (Å²) in [6.07, 6.45) is 5.90. The number of carbonyl (C=O) groups is 1. The minimum atomic E-state index is -1.05. The predicted octanol–water partition coefficient (Wildman–Crippen LogP) is 0.742. The van der Waals surface area contributed by atoms with Crippen molar-refractivity contribution in [3.05, 3.63) is 28.4 Å². The molecule has 0 aliphatic heterocycles. The van der Waals surface area contributed by atoms with Crippen LogP contribution in [0.5, 0.6) is 0 Å². The van der Waals surface area contributed by atoms with Crippen molar-refractivity contribution in [2.75, 3.05) is 0 Å². The lowest BCUT2D eigenvalue weighted by atomic mass is 9.85. The van der Waals surface area contributed by atoms with Crippen LogP contribution in [0, 0.1) is 5.92 Å². The molecule has 0 radical (unpaired) electrons. The molecule has 1 fully saturated rings. The molecule has 2 rings (SSSR count). The van der Waals surface area contributed by atoms with Crippen molar-refractivity contribution in [2.24, 2.45) is 5.92 Å². The number of aromatic carboxylic acids is 1. The molecule has 1 N–H and O–H groups in total. The van der Waals surface area contributed by atoms with Gasteiger partial charge in [0.2, 0.25) is 0 Å². The van der Waals surface area contributed by atoms with Gasteiger partial charge in [-0.05, 0) is 18.8 Å². The minimum absolute atomic E-state index is 0.0638. The molecule has 5 heteroatoms. The van der Waals surface area contributed by atoms with E-state index in [1.807, 2.05) is 0 Å². The topological polar surface area (TPSA) is 72.2 Å². The molecule has 1 saturated carbocycles. The molecule has 0 spiro atoms. The van der Waals surface area contributed by atoms with Gasteiger partial charge in [0, 0.05) is 18.9 Å². The summed E-state index contributed by atoms with van der Waals surface area (Å²) in [6.45, 7) is 0.590. The van der Waals surface area contributed by atoms with Gasteiger partial charge in [0.1, 0.15) is 0 Å². The van der Waals surface area contributed by atoms with E-state index in [-0.39, 0.29) is 11.3 Å². The second-order valence-corrected chi connectivity index (χ2v) is 3.88. The van der Waals surface area contributed by atoms with Gasteiger partial charge in [0.05, 0.1) is 5.56 Å². The van der Waals surface area contributed by atoms with Crippen molar-refractivity contribution in [2.45, 2.75) is 25.8 Å². The van der Waals surface area contributed by atoms with E-state index in [0.717, 1.165) is 19.0 Å². The van der Waals surface area contributed by atoms with Crippen LogP contribution in [0.25, 0.3) is 0 Å². The third kappa shape index (κ3) is 2.06. The fourth-order valence-electron chi connectivity index (χ4n) is 1.65. The summed E-state index contributed by atoms with van der Waals surface area (Å²) in [6, 6.07) is 0. The second kappa shape index (κ2) is 3.84. The summed E-state index contributed by atoms with van der Waals surface area (Å²) in [5.74, 6) is -0.543. The zero-order valence-electron chi connectivity index (χ0n) is 8.22. The van der Waals surface area contributed by atoms with Gasteiger partial charge in [0.25, 0.3) is 0 Å². The Morgan fingerprint density at radius 1 is 1.60 bits per heavy atom. The van der Waals surface area contributed by atoms with Crippen LogP contribution in [-0.2, 0) is 6.54 Å². The Labute approximate surface area is 86.4 Å². The summed E-state index contributed by atoms with van der Waals surface area (Å²) in [5, 5.41) is 8.75. The van der Waals surface area contributed by atoms with E-state index in [1.165, 1.54) is 17.2 Å². The Balaban J connectivity index is 2.23. The highest BCUT2D eigenvalue weighted by Crippen LogP contribution is 2.27. The molecular weight excluding hydrogens is 196 g/mol. The van der Waals surface area contributed by atoms with Crippen molar-refractivity contribution in [3.63, 3.8) is 0 Å². The van der Waals surface area contributed by atoms with E-state index >= 15 is 0 Å². The van der Waals surface area contributed by atoms with Gasteiger partial charge in [-0.2, -0.15) is 0 Å². The van der Waals surface area contributed by atoms with Crippen LogP contribution in [0.2, 0.25) is 0 Å². The van der Waals surface area contributed by atoms with Crippen LogP contribution in [0.4, 0.5) is 0 Å². The zero-order chi connectivity index (χ0) is 10.8. The first-order valence-electron chi connectivity index (χ1n) is 4.96. The number of carboxylic acids is 1. The van der Waals surface area contributed by atoms with E-state index in [1.54, 1.807) is 0 Å². The average Bonchev–Trinajstić information content (AvgIpc) is 2.13. The zero-order valence-corrected chi connectivity index (χ0v) is 8.22. The molecule has 1 aliphatic rings. The van der Waals surface area contributed by atoms with E-state index in [4.69, 9.17) is 5.11 Å². The molecule has 80 valence electrons. The molecule has 0 atom stereocenters. The van der Waals surface area contributed by atoms with Gasteiger partial charge in [-0.1, -0.05) is 6.42 Å². The maximum atomic E-state index is 11.3. The van der Waals surface area contributed by atoms with E-state index in [9.17, 15) is 9.59 Å². The number of hydrogen-bond acceptors (Lipinski definition) is 3. The fourth-order valence-corrected chi connectivity index (χ4v) is 1.65. The molecule has 0 bridgehead atoms. The fraction of sp³-hybridized carbons (Fsp3) is 0.500. The lowest BCUT2D eigenvalue weighted by Crippen LogP contribution is -2.29. The van der Waals surface area contributed by atoms with E-state index in [2.05, 4.69) is 4.98 Å². The summed E-state index contributed by atoms with van der Waals surface area (Å²) in [4.78, 5) is 25.5. The summed E-state index contributed by atoms with van der Waals surface area (Å²) in [5.41, 5.74) is -0.305. The van der Waals surface area contributed by atoms with Crippen molar-refractivity contribution in [3.8, 4) is 0 Å². The third-order valence-corrected chi connectivity index (χ3v) is 2.78. The molecule has 1 aromatic heterocycles. The predicted molar refractivity (Wildman–Crippen MR) is 52.8 cm³/mol. The summed E-state index contributed by atoms with van der Waals surface area (Å²) in [7, 11) is 0. The molecule has 0 saturated heterocycles. The van der Waals surface area contributed by atoms with Crippen LogP contribution in [0.3, 0.4) is 0 Å². The van der Waals surface area contributed by atoms with Crippen molar-refractivity contribution < 1.29 is 9.90 Å². The number of nitrogens with zero attached hydrogens (tertiary/aromatic N) is 2. The van der Waals surface area contributed by atoms with Crippen molar-refractivity contribution in [1.29, 1.82) is 0 Å². The lowest BCUT2D eigenvalue weighted by Gasteiger charge is -2.25. The molecule has 0 aromatic carbocycles. The van der Waals surface area contributed by atoms with Gasteiger partial charge >= 0.3 is 11.7 Å². The van der Waals surface area contributed by atoms with Gasteiger partial charge in [0.15, 0.2) is 0 Å². The Morgan fingerprint density at radius 2 is 2.33 bits per heavy atom. The van der Waals surface area contributed by atoms with Gasteiger partial charge in [-0.25, -0.2) is 14.6 Å². The maximum Gasteiger partial charge on any atom is 0.347 e. The third-order valence-electron chi connectivity index (χ3n) is 2.78. The highest BCUT2D eigenvalue weighted by molar-refractivity contribution is 5.86. The first-order valence-corrected chi connectivity index (χ1v) is 4.96. The van der Waals surface area contributed by atoms with Crippen LogP contribution in [0.15, 0.2) is 17.2 Å². The Hall–Kier alpha value is -1.65. The highest BCUT2D eigenvalue weighted by atomic mass is 16.4.